The smallest absolute Gasteiger partial charge is 0.414 e. The van der Waals surface area contributed by atoms with Crippen LogP contribution in [0.25, 0.3) is 16.7 Å². The zero-order valence-electron chi connectivity index (χ0n) is 22.6. The van der Waals surface area contributed by atoms with Crippen molar-refractivity contribution in [1.29, 1.82) is 0 Å². The molecule has 2 aromatic heterocycles. The predicted octanol–water partition coefficient (Wildman–Crippen LogP) is 3.83. The molecule has 198 valence electrons. The maximum absolute atomic E-state index is 12.7. The van der Waals surface area contributed by atoms with Crippen LogP contribution in [0.15, 0.2) is 48.1 Å². The molecule has 0 unspecified atom stereocenters. The van der Waals surface area contributed by atoms with Crippen molar-refractivity contribution in [2.45, 2.75) is 47.1 Å². The molecule has 10 nitrogen and oxygen atoms in total. The van der Waals surface area contributed by atoms with Crippen molar-refractivity contribution in [2.24, 2.45) is 5.10 Å². The molecule has 0 aromatic carbocycles. The van der Waals surface area contributed by atoms with Crippen LogP contribution < -0.4 is 10.8 Å². The summed E-state index contributed by atoms with van der Waals surface area (Å²) >= 11 is 0. The highest BCUT2D eigenvalue weighted by Gasteiger charge is 2.23. The Kier molecular flexibility index (Phi) is 10.1. The number of hydrogen-bond acceptors (Lipinski definition) is 8. The summed E-state index contributed by atoms with van der Waals surface area (Å²) in [5.74, 6) is -0.0881. The second kappa shape index (κ2) is 12.8. The van der Waals surface area contributed by atoms with Gasteiger partial charge >= 0.3 is 6.09 Å². The molecule has 10 heteroatoms. The number of allylic oxidation sites excluding steroid dienone is 5. The van der Waals surface area contributed by atoms with Crippen molar-refractivity contribution in [3.8, 4) is 11.1 Å². The van der Waals surface area contributed by atoms with Crippen LogP contribution in [0.4, 0.5) is 10.7 Å². The predicted molar refractivity (Wildman–Crippen MR) is 145 cm³/mol. The first-order valence-electron chi connectivity index (χ1n) is 11.8. The molecule has 0 aliphatic rings. The number of aliphatic hydroxyl groups excluding tert-OH is 1. The van der Waals surface area contributed by atoms with E-state index in [9.17, 15) is 14.7 Å². The fourth-order valence-electron chi connectivity index (χ4n) is 3.48. The number of nitrogens with one attached hydrogen (secondary N) is 1. The van der Waals surface area contributed by atoms with Gasteiger partial charge in [0.2, 0.25) is 12.4 Å². The third kappa shape index (κ3) is 7.97. The fraction of sp³-hybridized carbons (Fsp3) is 0.370. The van der Waals surface area contributed by atoms with Gasteiger partial charge in [0.05, 0.1) is 24.4 Å². The Hall–Kier alpha value is -4.05. The van der Waals surface area contributed by atoms with Crippen molar-refractivity contribution in [1.82, 2.24) is 19.5 Å². The summed E-state index contributed by atoms with van der Waals surface area (Å²) in [6.45, 7) is 14.8. The molecule has 0 saturated heterocycles. The van der Waals surface area contributed by atoms with Crippen LogP contribution in [0.1, 0.15) is 44.8 Å². The second-order valence-corrected chi connectivity index (χ2v) is 9.28. The Morgan fingerprint density at radius 1 is 1.27 bits per heavy atom. The maximum atomic E-state index is 12.7. The first-order chi connectivity index (χ1) is 17.4. The summed E-state index contributed by atoms with van der Waals surface area (Å²) < 4.78 is 6.53. The molecule has 0 aliphatic carbocycles. The fourth-order valence-corrected chi connectivity index (χ4v) is 3.48. The molecule has 0 radical (unpaired) electrons. The molecule has 0 bridgehead atoms. The lowest BCUT2D eigenvalue weighted by Gasteiger charge is -2.22. The largest absolute Gasteiger partial charge is 0.444 e. The SMILES string of the molecule is C=C/C(=C\C=C/C)c1nc(NC(=O)OC(C)(C)C)n(C=O)/c(=N\N(C)CCO)c1-c1cc(C)nc(C)c1. The lowest BCUT2D eigenvalue weighted by Crippen LogP contribution is -2.35. The van der Waals surface area contributed by atoms with Crippen molar-refractivity contribution in [3.63, 3.8) is 0 Å². The number of aryl methyl sites for hydroxylation is 2. The van der Waals surface area contributed by atoms with E-state index >= 15 is 0 Å². The molecule has 1 amide bonds. The molecule has 2 aromatic rings. The number of pyridine rings is 1. The summed E-state index contributed by atoms with van der Waals surface area (Å²) in [4.78, 5) is 34.3. The lowest BCUT2D eigenvalue weighted by atomic mass is 9.99. The number of aliphatic hydroxyl groups is 1. The number of hydrogen-bond donors (Lipinski definition) is 2. The van der Waals surface area contributed by atoms with Crippen molar-refractivity contribution in [3.05, 3.63) is 65.6 Å². The van der Waals surface area contributed by atoms with Crippen LogP contribution in [0, 0.1) is 13.8 Å². The summed E-state index contributed by atoms with van der Waals surface area (Å²) in [6, 6.07) is 3.73. The highest BCUT2D eigenvalue weighted by molar-refractivity contribution is 5.88. The van der Waals surface area contributed by atoms with Gasteiger partial charge in [-0.15, -0.1) is 0 Å². The van der Waals surface area contributed by atoms with E-state index in [4.69, 9.17) is 4.74 Å². The van der Waals surface area contributed by atoms with Crippen LogP contribution in [0.5, 0.6) is 0 Å². The minimum atomic E-state index is -0.780. The summed E-state index contributed by atoms with van der Waals surface area (Å²) in [5, 5.41) is 18.2. The quantitative estimate of drug-likeness (QED) is 0.300. The van der Waals surface area contributed by atoms with E-state index in [1.807, 2.05) is 51.1 Å². The number of anilines is 1. The Balaban J connectivity index is 3.09. The molecule has 2 rings (SSSR count). The van der Waals surface area contributed by atoms with Crippen molar-refractivity contribution in [2.75, 3.05) is 25.5 Å². The van der Waals surface area contributed by atoms with E-state index in [0.29, 0.717) is 23.2 Å². The van der Waals surface area contributed by atoms with Gasteiger partial charge in [0.1, 0.15) is 5.60 Å². The van der Waals surface area contributed by atoms with E-state index in [1.54, 1.807) is 33.9 Å². The van der Waals surface area contributed by atoms with Gasteiger partial charge < -0.3 is 9.84 Å². The third-order valence-electron chi connectivity index (χ3n) is 4.87. The Bertz CT molecular complexity index is 1260. The summed E-state index contributed by atoms with van der Waals surface area (Å²) in [6.07, 6.45) is 6.89. The van der Waals surface area contributed by atoms with Crippen LogP contribution in [0.2, 0.25) is 0 Å². The van der Waals surface area contributed by atoms with Gasteiger partial charge in [0.25, 0.3) is 0 Å². The zero-order chi connectivity index (χ0) is 27.8. The number of carbonyl (C=O) groups is 2. The van der Waals surface area contributed by atoms with E-state index in [0.717, 1.165) is 21.5 Å². The number of ether oxygens (including phenoxy) is 1. The summed E-state index contributed by atoms with van der Waals surface area (Å²) in [7, 11) is 1.67. The Labute approximate surface area is 217 Å². The van der Waals surface area contributed by atoms with E-state index in [2.05, 4.69) is 27.0 Å². The standard InChI is InChI=1S/C27H36N6O4/c1-9-11-12-20(10-2)23-22(21-15-18(3)28-19(4)16-21)24(31-32(8)13-14-34)33(17-35)25(29-23)30-26(36)37-27(5,6)7/h9-12,15-17,34H,2,13-14H2,1,3-8H3,(H,29,30,36)/b11-9-,20-12+,31-24-. The minimum Gasteiger partial charge on any atom is -0.444 e. The lowest BCUT2D eigenvalue weighted by molar-refractivity contribution is 0.0634. The Morgan fingerprint density at radius 2 is 1.92 bits per heavy atom. The molecule has 0 saturated carbocycles. The minimum absolute atomic E-state index is 0.0881. The molecule has 0 spiro atoms. The highest BCUT2D eigenvalue weighted by Crippen LogP contribution is 2.28. The monoisotopic (exact) mass is 508 g/mol. The molecule has 0 fully saturated rings. The second-order valence-electron chi connectivity index (χ2n) is 9.28. The first kappa shape index (κ1) is 29.2. The van der Waals surface area contributed by atoms with Gasteiger partial charge in [-0.05, 0) is 59.2 Å². The topological polar surface area (TPSA) is 122 Å². The van der Waals surface area contributed by atoms with Crippen molar-refractivity contribution >= 4 is 24.0 Å². The van der Waals surface area contributed by atoms with Gasteiger partial charge in [-0.25, -0.2) is 14.3 Å². The molecule has 0 aliphatic heterocycles. The van der Waals surface area contributed by atoms with Gasteiger partial charge in [0, 0.05) is 24.0 Å². The van der Waals surface area contributed by atoms with Gasteiger partial charge in [-0.2, -0.15) is 5.10 Å². The van der Waals surface area contributed by atoms with Crippen molar-refractivity contribution < 1.29 is 19.4 Å². The highest BCUT2D eigenvalue weighted by atomic mass is 16.6. The number of carbonyl (C=O) groups excluding carboxylic acids is 2. The molecular weight excluding hydrogens is 472 g/mol. The molecule has 2 N–H and O–H groups in total. The summed E-state index contributed by atoms with van der Waals surface area (Å²) in [5.41, 5.74) is 3.26. The van der Waals surface area contributed by atoms with E-state index in [1.165, 1.54) is 5.01 Å². The van der Waals surface area contributed by atoms with Gasteiger partial charge in [-0.1, -0.05) is 30.9 Å². The number of aromatic nitrogens is 3. The maximum Gasteiger partial charge on any atom is 0.414 e. The van der Waals surface area contributed by atoms with Gasteiger partial charge in [-0.3, -0.25) is 20.1 Å². The first-order valence-corrected chi connectivity index (χ1v) is 11.8. The van der Waals surface area contributed by atoms with Crippen LogP contribution in [-0.2, 0) is 9.53 Å². The third-order valence-corrected chi connectivity index (χ3v) is 4.87. The van der Waals surface area contributed by atoms with E-state index in [-0.39, 0.29) is 24.6 Å². The number of rotatable bonds is 9. The molecule has 0 atom stereocenters. The Morgan fingerprint density at radius 3 is 2.43 bits per heavy atom. The number of amides is 1. The zero-order valence-corrected chi connectivity index (χ0v) is 22.6. The van der Waals surface area contributed by atoms with Gasteiger partial charge in [0.15, 0.2) is 5.49 Å². The van der Waals surface area contributed by atoms with E-state index < -0.39 is 11.7 Å². The normalized spacial score (nSPS) is 12.5. The molecule has 2 heterocycles. The average Bonchev–Trinajstić information content (AvgIpc) is 2.77. The van der Waals surface area contributed by atoms with Crippen LogP contribution >= 0.6 is 0 Å². The average molecular weight is 509 g/mol. The van der Waals surface area contributed by atoms with Crippen LogP contribution in [0.3, 0.4) is 0 Å². The molecule has 37 heavy (non-hydrogen) atoms. The number of likely N-dealkylation sites (N-methyl/N-ethyl adjacent to an activating group) is 1. The van der Waals surface area contributed by atoms with Crippen LogP contribution in [-0.4, -0.2) is 63.0 Å². The molecular formula is C27H36N6O4. The number of nitrogens with zero attached hydrogens (tertiary/aromatic N) is 5.